The van der Waals surface area contributed by atoms with Crippen molar-refractivity contribution in [1.82, 2.24) is 0 Å². The lowest BCUT2D eigenvalue weighted by atomic mass is 9.94. The smallest absolute Gasteiger partial charge is 0.394 e. The first kappa shape index (κ1) is 77.3. The molecule has 28 N–H and O–H groups in total. The third-order valence-electron chi connectivity index (χ3n) is 16.9. The molecular formula is C48H84NO43P. The summed E-state index contributed by atoms with van der Waals surface area (Å²) in [5.74, 6) is 0. The summed E-state index contributed by atoms with van der Waals surface area (Å²) in [6.45, 7) is -8.06. The van der Waals surface area contributed by atoms with Gasteiger partial charge in [-0.15, -0.1) is 0 Å². The first-order valence-electron chi connectivity index (χ1n) is 29.0. The van der Waals surface area contributed by atoms with Crippen LogP contribution >= 0.6 is 7.82 Å². The minimum absolute atomic E-state index is 0.580. The molecule has 0 aromatic rings. The summed E-state index contributed by atoms with van der Waals surface area (Å²) in [6.07, 6.45) is -80.9. The Hall–Kier alpha value is -1.49. The average molecular weight is 1390 g/mol. The number of nitrogens with two attached hydrogens (primary N) is 1. The number of aliphatic hydroxyl groups excluding tert-OH is 23. The van der Waals surface area contributed by atoms with E-state index in [1.807, 2.05) is 0 Å². The van der Waals surface area contributed by atoms with Gasteiger partial charge in [0.1, 0.15) is 195 Å². The van der Waals surface area contributed by atoms with Gasteiger partial charge in [0.25, 0.3) is 0 Å². The molecule has 45 heteroatoms. The molecule has 30 aliphatic rings. The van der Waals surface area contributed by atoms with Crippen LogP contribution < -0.4 is 5.73 Å². The molecule has 0 aliphatic carbocycles. The second kappa shape index (κ2) is 32.9. The van der Waals surface area contributed by atoms with Gasteiger partial charge in [-0.25, -0.2) is 4.57 Å². The molecule has 30 heterocycles. The van der Waals surface area contributed by atoms with Gasteiger partial charge >= 0.3 is 7.82 Å². The topological polar surface area (TPSA) is 717 Å². The van der Waals surface area contributed by atoms with E-state index in [-0.39, 0.29) is 0 Å². The number of aliphatic hydroxyl groups is 23. The number of phosphoric acid groups is 1. The molecule has 0 amide bonds. The van der Waals surface area contributed by atoms with Crippen molar-refractivity contribution in [3.8, 4) is 0 Å². The van der Waals surface area contributed by atoms with Gasteiger partial charge in [-0.3, -0.25) is 0 Å². The number of rotatable bonds is 8. The average Bonchev–Trinajstić information content (AvgIpc) is 0.828. The maximum absolute atomic E-state index is 11.4. The Labute approximate surface area is 523 Å². The van der Waals surface area contributed by atoms with Crippen LogP contribution in [-0.2, 0) is 80.4 Å². The SMILES string of the molecule is NC[C@H]1O[C@@H]2O[C@H]3[C@H](O)[C@@H](O)[C@@H](O[C@H]4[C@H](O)[C@@H](O)[C@@H](O[C@H]5[C@H](O)[C@@H](O)[C@@H](O[C@H]6[C@H](O)[C@@H](O)[C@@H](O[C@H]7[C@@H](O)[C@H](O)[C@@H](O[C@H]8[C@H](O)[C@H](O)[C@@H](O[C@H]9[C@@H](O)[C@H](O)[C@@H](O[C@H]1[C@H](O)[C@H]2O)O[C@@H]9CO)O[C@@H]8CO)O[C@@H]7CO)O[C@@H]6CO)O[C@@H]5CO)O[C@@H]4CO)O[C@@H]3CO.O=P(O)(O)O. The van der Waals surface area contributed by atoms with Crippen LogP contribution in [0, 0.1) is 0 Å². The predicted molar refractivity (Wildman–Crippen MR) is 277 cm³/mol. The van der Waals surface area contributed by atoms with Crippen molar-refractivity contribution in [2.24, 2.45) is 5.73 Å². The molecule has 40 atom stereocenters. The van der Waals surface area contributed by atoms with Crippen molar-refractivity contribution >= 4 is 7.82 Å². The normalized spacial score (nSPS) is 53.0. The van der Waals surface area contributed by atoms with E-state index in [0.29, 0.717) is 0 Å². The second-order valence-electron chi connectivity index (χ2n) is 23.0. The van der Waals surface area contributed by atoms with E-state index in [4.69, 9.17) is 101 Å². The summed E-state index contributed by atoms with van der Waals surface area (Å²) < 4.78 is 100. The number of hydrogen-bond donors (Lipinski definition) is 27. The molecule has 30 aliphatic heterocycles. The minimum atomic E-state index is -4.64. The van der Waals surface area contributed by atoms with E-state index in [2.05, 4.69) is 0 Å². The molecule has 16 bridgehead atoms. The van der Waals surface area contributed by atoms with Gasteiger partial charge in [0.15, 0.2) is 50.3 Å². The van der Waals surface area contributed by atoms with Crippen LogP contribution in [0.4, 0.5) is 0 Å². The van der Waals surface area contributed by atoms with Crippen molar-refractivity contribution in [2.75, 3.05) is 52.8 Å². The van der Waals surface area contributed by atoms with Crippen molar-refractivity contribution in [3.05, 3.63) is 0 Å². The summed E-state index contributed by atoms with van der Waals surface area (Å²) in [7, 11) is -4.64. The van der Waals surface area contributed by atoms with E-state index in [0.717, 1.165) is 0 Å². The largest absolute Gasteiger partial charge is 0.466 e. The molecule has 0 spiro atoms. The maximum Gasteiger partial charge on any atom is 0.466 e. The zero-order valence-corrected chi connectivity index (χ0v) is 49.2. The minimum Gasteiger partial charge on any atom is -0.394 e. The lowest BCUT2D eigenvalue weighted by Crippen LogP contribution is -2.69. The summed E-state index contributed by atoms with van der Waals surface area (Å²) in [6, 6.07) is 0. The first-order valence-corrected chi connectivity index (χ1v) is 30.6. The lowest BCUT2D eigenvalue weighted by molar-refractivity contribution is -0.403. The highest BCUT2D eigenvalue weighted by molar-refractivity contribution is 7.45. The Morgan fingerprint density at radius 2 is 0.323 bits per heavy atom. The standard InChI is InChI=1S/C48H81NO39.H3O4P/c49-1-9-33-17(57)25(65)41(73-9)82-34-10(2-50)75-43(27(67)19(34)59)84-36-12(4-52)77-45(29(69)21(36)61)86-38-14(6-54)79-47(31(71)23(38)63)88-40-16(8-56)80-48(32(72)24(40)64)87-39-15(7-55)78-46(30(70)22(39)62)85-37-13(5-53)76-44(28(68)20(37)60)83-35-11(3-51)74-42(81-33)26(66)18(35)58;1-5(2,3)4/h9-48,50-72H,1-8,49H2;(H3,1,2,3,4)/t9-,10-,11-,12-,13-,14-,15-,16-,17-,18+,19-,20-,21-,22+,23-,24-,25-,26+,27-,28+,29-,30+,31-,32-,33-,34-,35-,36-,37-,38-,39-,40-,41-,42-,43-,44-,45-,46-,47-,48-;/m1./s1. The van der Waals surface area contributed by atoms with Crippen molar-refractivity contribution < 1.29 is 212 Å². The Kier molecular flexibility index (Phi) is 27.3. The van der Waals surface area contributed by atoms with Crippen molar-refractivity contribution in [1.29, 1.82) is 0 Å². The van der Waals surface area contributed by atoms with Crippen LogP contribution in [0.25, 0.3) is 0 Å². The van der Waals surface area contributed by atoms with Gasteiger partial charge in [-0.05, 0) is 0 Å². The van der Waals surface area contributed by atoms with E-state index in [1.54, 1.807) is 0 Å². The molecule has 30 saturated heterocycles. The summed E-state index contributed by atoms with van der Waals surface area (Å²) in [4.78, 5) is 21.6. The Bertz CT molecular complexity index is 1880. The number of hydrogen-bond acceptors (Lipinski definition) is 41. The molecular weight excluding hydrogens is 1310 g/mol. The molecule has 30 fully saturated rings. The highest BCUT2D eigenvalue weighted by Crippen LogP contribution is 2.40. The van der Waals surface area contributed by atoms with Gasteiger partial charge in [0, 0.05) is 6.54 Å². The molecule has 0 radical (unpaired) electrons. The van der Waals surface area contributed by atoms with E-state index in [1.165, 1.54) is 0 Å². The van der Waals surface area contributed by atoms with Crippen molar-refractivity contribution in [3.63, 3.8) is 0 Å². The molecule has 0 aromatic heterocycles. The van der Waals surface area contributed by atoms with E-state index in [9.17, 15) is 117 Å². The zero-order chi connectivity index (χ0) is 68.6. The van der Waals surface area contributed by atoms with Crippen LogP contribution in [0.5, 0.6) is 0 Å². The predicted octanol–water partition coefficient (Wildman–Crippen LogP) is -18.4. The van der Waals surface area contributed by atoms with Gasteiger partial charge < -0.3 is 214 Å². The van der Waals surface area contributed by atoms with E-state index >= 15 is 0 Å². The van der Waals surface area contributed by atoms with Crippen LogP contribution in [0.2, 0.25) is 0 Å². The fourth-order valence-electron chi connectivity index (χ4n) is 11.9. The van der Waals surface area contributed by atoms with Gasteiger partial charge in [-0.2, -0.15) is 0 Å². The quantitative estimate of drug-likeness (QED) is 0.100. The molecule has 0 saturated carbocycles. The fourth-order valence-corrected chi connectivity index (χ4v) is 11.9. The molecule has 544 valence electrons. The monoisotopic (exact) mass is 1390 g/mol. The van der Waals surface area contributed by atoms with Crippen LogP contribution in [0.3, 0.4) is 0 Å². The van der Waals surface area contributed by atoms with E-state index < -0.39 is 306 Å². The summed E-state index contributed by atoms with van der Waals surface area (Å²) in [5, 5.41) is 255. The lowest BCUT2D eigenvalue weighted by Gasteiger charge is -2.50. The summed E-state index contributed by atoms with van der Waals surface area (Å²) >= 11 is 0. The molecule has 0 aromatic carbocycles. The zero-order valence-electron chi connectivity index (χ0n) is 48.3. The molecule has 30 rings (SSSR count). The number of ether oxygens (including phenoxy) is 16. The Morgan fingerprint density at radius 1 is 0.215 bits per heavy atom. The first-order chi connectivity index (χ1) is 43.9. The third-order valence-corrected chi connectivity index (χ3v) is 16.9. The summed E-state index contributed by atoms with van der Waals surface area (Å²) in [5.41, 5.74) is 5.96. The molecule has 44 nitrogen and oxygen atoms in total. The highest BCUT2D eigenvalue weighted by Gasteiger charge is 2.60. The molecule has 0 unspecified atom stereocenters. The van der Waals surface area contributed by atoms with Gasteiger partial charge in [0.2, 0.25) is 0 Å². The maximum atomic E-state index is 11.4. The highest BCUT2D eigenvalue weighted by atomic mass is 31.2. The fraction of sp³-hybridized carbons (Fsp3) is 1.00. The Morgan fingerprint density at radius 3 is 0.430 bits per heavy atom. The second-order valence-corrected chi connectivity index (χ2v) is 24.1. The van der Waals surface area contributed by atoms with Gasteiger partial charge in [0.05, 0.1) is 46.2 Å². The van der Waals surface area contributed by atoms with Crippen LogP contribution in [-0.4, -0.2) is 431 Å². The third kappa shape index (κ3) is 16.6. The van der Waals surface area contributed by atoms with Crippen LogP contribution in [0.15, 0.2) is 0 Å². The van der Waals surface area contributed by atoms with Crippen LogP contribution in [0.1, 0.15) is 0 Å². The van der Waals surface area contributed by atoms with Gasteiger partial charge in [-0.1, -0.05) is 0 Å². The van der Waals surface area contributed by atoms with Crippen molar-refractivity contribution in [2.45, 2.75) is 246 Å². The Balaban J connectivity index is 0.00000214. The molecule has 93 heavy (non-hydrogen) atoms.